The van der Waals surface area contributed by atoms with Crippen LogP contribution in [-0.4, -0.2) is 13.4 Å². The Labute approximate surface area is 145 Å². The fraction of sp³-hybridized carbons (Fsp3) is 0.364. The predicted octanol–water partition coefficient (Wildman–Crippen LogP) is 5.19. The largest absolute Gasteiger partial charge is 0.468 e. The van der Waals surface area contributed by atoms with Gasteiger partial charge in [-0.1, -0.05) is 43.7 Å². The number of rotatable bonds is 8. The van der Waals surface area contributed by atoms with Crippen molar-refractivity contribution in [3.8, 4) is 17.6 Å². The molecule has 2 rings (SSSR count). The summed E-state index contributed by atoms with van der Waals surface area (Å²) in [5.41, 5.74) is 3.42. The summed E-state index contributed by atoms with van der Waals surface area (Å²) in [5, 5.41) is 0. The van der Waals surface area contributed by atoms with Crippen LogP contribution in [0.2, 0.25) is 0 Å². The fourth-order valence-corrected chi connectivity index (χ4v) is 2.31. The molecule has 0 saturated carbocycles. The SMILES string of the molecule is CCCCCc1ccc(C#Cc2ccc(OCOCC)cc2)cc1. The van der Waals surface area contributed by atoms with Crippen LogP contribution in [0, 0.1) is 11.8 Å². The molecule has 0 N–H and O–H groups in total. The molecule has 126 valence electrons. The van der Waals surface area contributed by atoms with E-state index in [1.54, 1.807) is 0 Å². The van der Waals surface area contributed by atoms with E-state index in [0.717, 1.165) is 23.3 Å². The Kier molecular flexibility index (Phi) is 7.93. The average molecular weight is 322 g/mol. The van der Waals surface area contributed by atoms with Gasteiger partial charge < -0.3 is 9.47 Å². The highest BCUT2D eigenvalue weighted by Crippen LogP contribution is 2.12. The summed E-state index contributed by atoms with van der Waals surface area (Å²) >= 11 is 0. The minimum atomic E-state index is 0.284. The molecule has 2 aromatic carbocycles. The van der Waals surface area contributed by atoms with Gasteiger partial charge in [0, 0.05) is 17.7 Å². The second-order valence-electron chi connectivity index (χ2n) is 5.68. The summed E-state index contributed by atoms with van der Waals surface area (Å²) < 4.78 is 10.6. The zero-order valence-electron chi connectivity index (χ0n) is 14.7. The van der Waals surface area contributed by atoms with Crippen molar-refractivity contribution in [3.63, 3.8) is 0 Å². The molecular weight excluding hydrogens is 296 g/mol. The van der Waals surface area contributed by atoms with E-state index < -0.39 is 0 Å². The van der Waals surface area contributed by atoms with E-state index in [1.807, 2.05) is 31.2 Å². The molecule has 2 aromatic rings. The number of unbranched alkanes of at least 4 members (excludes halogenated alkanes) is 2. The number of benzene rings is 2. The van der Waals surface area contributed by atoms with Gasteiger partial charge in [-0.05, 0) is 61.7 Å². The van der Waals surface area contributed by atoms with E-state index in [2.05, 4.69) is 43.0 Å². The van der Waals surface area contributed by atoms with Gasteiger partial charge in [-0.3, -0.25) is 0 Å². The van der Waals surface area contributed by atoms with Crippen molar-refractivity contribution in [2.45, 2.75) is 39.5 Å². The van der Waals surface area contributed by atoms with Crippen LogP contribution in [0.15, 0.2) is 48.5 Å². The van der Waals surface area contributed by atoms with Crippen LogP contribution >= 0.6 is 0 Å². The normalized spacial score (nSPS) is 10.1. The van der Waals surface area contributed by atoms with E-state index in [-0.39, 0.29) is 6.79 Å². The van der Waals surface area contributed by atoms with Crippen molar-refractivity contribution in [3.05, 3.63) is 65.2 Å². The first-order valence-electron chi connectivity index (χ1n) is 8.73. The van der Waals surface area contributed by atoms with E-state index in [0.29, 0.717) is 6.61 Å². The lowest BCUT2D eigenvalue weighted by molar-refractivity contribution is 0.0224. The summed E-state index contributed by atoms with van der Waals surface area (Å²) in [6, 6.07) is 16.3. The third-order valence-electron chi connectivity index (χ3n) is 3.74. The number of ether oxygens (including phenoxy) is 2. The molecular formula is C22H26O2. The van der Waals surface area contributed by atoms with Crippen molar-refractivity contribution in [2.75, 3.05) is 13.4 Å². The molecule has 0 fully saturated rings. The minimum Gasteiger partial charge on any atom is -0.468 e. The highest BCUT2D eigenvalue weighted by Gasteiger charge is 1.95. The van der Waals surface area contributed by atoms with Gasteiger partial charge in [0.05, 0.1) is 0 Å². The van der Waals surface area contributed by atoms with Gasteiger partial charge in [0.1, 0.15) is 5.75 Å². The minimum absolute atomic E-state index is 0.284. The lowest BCUT2D eigenvalue weighted by atomic mass is 10.1. The number of aryl methyl sites for hydroxylation is 1. The Bertz CT molecular complexity index is 588. The van der Waals surface area contributed by atoms with E-state index in [9.17, 15) is 0 Å². The molecule has 24 heavy (non-hydrogen) atoms. The molecule has 2 nitrogen and oxygen atoms in total. The van der Waals surface area contributed by atoms with Crippen molar-refractivity contribution < 1.29 is 9.47 Å². The second-order valence-corrected chi connectivity index (χ2v) is 5.68. The van der Waals surface area contributed by atoms with Gasteiger partial charge in [0.25, 0.3) is 0 Å². The first-order chi connectivity index (χ1) is 11.8. The first kappa shape index (κ1) is 18.1. The molecule has 0 aliphatic rings. The van der Waals surface area contributed by atoms with Crippen molar-refractivity contribution >= 4 is 0 Å². The van der Waals surface area contributed by atoms with Gasteiger partial charge in [-0.15, -0.1) is 0 Å². The predicted molar refractivity (Wildman–Crippen MR) is 99.2 cm³/mol. The second kappa shape index (κ2) is 10.5. The van der Waals surface area contributed by atoms with Crippen molar-refractivity contribution in [2.24, 2.45) is 0 Å². The van der Waals surface area contributed by atoms with Gasteiger partial charge in [0.15, 0.2) is 6.79 Å². The van der Waals surface area contributed by atoms with Gasteiger partial charge in [0.2, 0.25) is 0 Å². The molecule has 2 heteroatoms. The molecule has 0 heterocycles. The zero-order valence-corrected chi connectivity index (χ0v) is 14.7. The lowest BCUT2D eigenvalue weighted by Gasteiger charge is -2.05. The lowest BCUT2D eigenvalue weighted by Crippen LogP contribution is -2.01. The molecule has 0 aliphatic carbocycles. The van der Waals surface area contributed by atoms with Gasteiger partial charge in [-0.2, -0.15) is 0 Å². The zero-order chi connectivity index (χ0) is 17.0. The molecule has 0 saturated heterocycles. The van der Waals surface area contributed by atoms with Crippen LogP contribution < -0.4 is 4.74 Å². The maximum atomic E-state index is 5.45. The summed E-state index contributed by atoms with van der Waals surface area (Å²) in [7, 11) is 0. The Balaban J connectivity index is 1.89. The van der Waals surface area contributed by atoms with Crippen molar-refractivity contribution in [1.82, 2.24) is 0 Å². The molecule has 0 spiro atoms. The molecule has 0 aliphatic heterocycles. The third kappa shape index (κ3) is 6.48. The Hall–Kier alpha value is -2.24. The fourth-order valence-electron chi connectivity index (χ4n) is 2.31. The first-order valence-corrected chi connectivity index (χ1v) is 8.73. The Morgan fingerprint density at radius 2 is 1.42 bits per heavy atom. The van der Waals surface area contributed by atoms with Crippen LogP contribution in [0.3, 0.4) is 0 Å². The van der Waals surface area contributed by atoms with Gasteiger partial charge >= 0.3 is 0 Å². The third-order valence-corrected chi connectivity index (χ3v) is 3.74. The highest BCUT2D eigenvalue weighted by atomic mass is 16.7. The van der Waals surface area contributed by atoms with Crippen LogP contribution in [0.5, 0.6) is 5.75 Å². The Morgan fingerprint density at radius 3 is 2.00 bits per heavy atom. The maximum absolute atomic E-state index is 5.45. The number of hydrogen-bond acceptors (Lipinski definition) is 2. The number of hydrogen-bond donors (Lipinski definition) is 0. The molecule has 0 bridgehead atoms. The Morgan fingerprint density at radius 1 is 0.792 bits per heavy atom. The van der Waals surface area contributed by atoms with E-state index in [1.165, 1.54) is 24.8 Å². The standard InChI is InChI=1S/C22H26O2/c1-3-5-6-7-19-8-10-20(11-9-19)12-13-21-14-16-22(17-15-21)24-18-23-4-2/h8-11,14-17H,3-7,18H2,1-2H3. The van der Waals surface area contributed by atoms with Crippen LogP contribution in [0.25, 0.3) is 0 Å². The molecule has 0 amide bonds. The maximum Gasteiger partial charge on any atom is 0.189 e. The quantitative estimate of drug-likeness (QED) is 0.378. The highest BCUT2D eigenvalue weighted by molar-refractivity contribution is 5.44. The van der Waals surface area contributed by atoms with Gasteiger partial charge in [-0.25, -0.2) is 0 Å². The molecule has 0 atom stereocenters. The van der Waals surface area contributed by atoms with Crippen molar-refractivity contribution in [1.29, 1.82) is 0 Å². The van der Waals surface area contributed by atoms with Crippen LogP contribution in [0.1, 0.15) is 49.8 Å². The summed E-state index contributed by atoms with van der Waals surface area (Å²) in [4.78, 5) is 0. The molecule has 0 radical (unpaired) electrons. The van der Waals surface area contributed by atoms with Crippen LogP contribution in [-0.2, 0) is 11.2 Å². The van der Waals surface area contributed by atoms with Crippen LogP contribution in [0.4, 0.5) is 0 Å². The monoisotopic (exact) mass is 322 g/mol. The summed E-state index contributed by atoms with van der Waals surface area (Å²) in [6.45, 7) is 5.11. The average Bonchev–Trinajstić information content (AvgIpc) is 2.63. The molecule has 0 unspecified atom stereocenters. The van der Waals surface area contributed by atoms with E-state index in [4.69, 9.17) is 9.47 Å². The summed E-state index contributed by atoms with van der Waals surface area (Å²) in [6.07, 6.45) is 4.98. The topological polar surface area (TPSA) is 18.5 Å². The molecule has 0 aromatic heterocycles. The smallest absolute Gasteiger partial charge is 0.189 e. The van der Waals surface area contributed by atoms with E-state index >= 15 is 0 Å². The summed E-state index contributed by atoms with van der Waals surface area (Å²) in [5.74, 6) is 7.20.